The summed E-state index contributed by atoms with van der Waals surface area (Å²) in [5.41, 5.74) is 2.64. The summed E-state index contributed by atoms with van der Waals surface area (Å²) in [7, 11) is 1.98. The lowest BCUT2D eigenvalue weighted by Gasteiger charge is -2.12. The Bertz CT molecular complexity index is 536. The molecule has 0 aliphatic carbocycles. The molecule has 0 radical (unpaired) electrons. The van der Waals surface area contributed by atoms with Crippen molar-refractivity contribution in [1.29, 1.82) is 0 Å². The Morgan fingerprint density at radius 2 is 2.21 bits per heavy atom. The second-order valence-corrected chi connectivity index (χ2v) is 5.20. The molecule has 1 aliphatic heterocycles. The summed E-state index contributed by atoms with van der Waals surface area (Å²) in [4.78, 5) is 0. The van der Waals surface area contributed by atoms with Gasteiger partial charge in [0.2, 0.25) is 0 Å². The Balaban J connectivity index is 1.66. The van der Waals surface area contributed by atoms with E-state index in [2.05, 4.69) is 53.5 Å². The first-order valence-electron chi connectivity index (χ1n) is 6.84. The number of hydrogen-bond acceptors (Lipinski definition) is 2. The Hall–Kier alpha value is -1.74. The normalized spacial score (nSPS) is 18.9. The molecule has 1 aromatic carbocycles. The fourth-order valence-electron chi connectivity index (χ4n) is 2.59. The van der Waals surface area contributed by atoms with Gasteiger partial charge in [0, 0.05) is 24.9 Å². The minimum absolute atomic E-state index is 0.252. The summed E-state index contributed by atoms with van der Waals surface area (Å²) in [6, 6.07) is 10.9. The molecule has 2 unspecified atom stereocenters. The van der Waals surface area contributed by atoms with Gasteiger partial charge < -0.3 is 14.6 Å². The fraction of sp³-hybridized carbons (Fsp3) is 0.375. The van der Waals surface area contributed by atoms with Crippen molar-refractivity contribution in [3.05, 3.63) is 53.9 Å². The highest BCUT2D eigenvalue weighted by Crippen LogP contribution is 2.28. The van der Waals surface area contributed by atoms with Crippen LogP contribution >= 0.6 is 0 Å². The summed E-state index contributed by atoms with van der Waals surface area (Å²) in [5, 5.41) is 3.26. The highest BCUT2D eigenvalue weighted by molar-refractivity contribution is 5.37. The summed E-state index contributed by atoms with van der Waals surface area (Å²) < 4.78 is 8.19. The number of benzene rings is 1. The van der Waals surface area contributed by atoms with Gasteiger partial charge in [-0.15, -0.1) is 0 Å². The van der Waals surface area contributed by atoms with Gasteiger partial charge in [0.15, 0.2) is 0 Å². The van der Waals surface area contributed by atoms with Crippen LogP contribution in [0.5, 0.6) is 5.75 Å². The maximum Gasteiger partial charge on any atom is 0.123 e. The van der Waals surface area contributed by atoms with Crippen molar-refractivity contribution in [2.24, 2.45) is 0 Å². The standard InChI is InChI=1S/C16H20N2O/c1-12(17-2)14-7-8-18(10-14)11-15-9-13-5-3-4-6-16(13)19-15/h3-8,10,12,15,17H,9,11H2,1-2H3. The topological polar surface area (TPSA) is 26.2 Å². The van der Waals surface area contributed by atoms with Crippen molar-refractivity contribution in [3.8, 4) is 5.75 Å². The van der Waals surface area contributed by atoms with Gasteiger partial charge in [0.25, 0.3) is 0 Å². The Morgan fingerprint density at radius 1 is 1.37 bits per heavy atom. The number of nitrogens with one attached hydrogen (secondary N) is 1. The van der Waals surface area contributed by atoms with Crippen LogP contribution in [-0.4, -0.2) is 17.7 Å². The van der Waals surface area contributed by atoms with E-state index in [0.29, 0.717) is 6.04 Å². The lowest BCUT2D eigenvalue weighted by molar-refractivity contribution is 0.209. The van der Waals surface area contributed by atoms with Crippen LogP contribution in [0.1, 0.15) is 24.1 Å². The molecule has 3 nitrogen and oxygen atoms in total. The predicted octanol–water partition coefficient (Wildman–Crippen LogP) is 2.77. The molecule has 2 heterocycles. The highest BCUT2D eigenvalue weighted by Gasteiger charge is 2.22. The van der Waals surface area contributed by atoms with Crippen molar-refractivity contribution in [2.75, 3.05) is 7.05 Å². The molecule has 0 saturated heterocycles. The Labute approximate surface area is 114 Å². The second kappa shape index (κ2) is 5.10. The zero-order valence-electron chi connectivity index (χ0n) is 11.5. The van der Waals surface area contributed by atoms with Gasteiger partial charge in [-0.2, -0.15) is 0 Å². The molecule has 1 N–H and O–H groups in total. The molecule has 3 rings (SSSR count). The fourth-order valence-corrected chi connectivity index (χ4v) is 2.59. The Kier molecular flexibility index (Phi) is 3.30. The molecular weight excluding hydrogens is 236 g/mol. The quantitative estimate of drug-likeness (QED) is 0.910. The molecule has 0 saturated carbocycles. The van der Waals surface area contributed by atoms with Gasteiger partial charge in [-0.25, -0.2) is 0 Å². The average molecular weight is 256 g/mol. The van der Waals surface area contributed by atoms with E-state index in [1.54, 1.807) is 0 Å². The largest absolute Gasteiger partial charge is 0.488 e. The first-order valence-corrected chi connectivity index (χ1v) is 6.84. The first kappa shape index (κ1) is 12.3. The lowest BCUT2D eigenvalue weighted by atomic mass is 10.1. The van der Waals surface area contributed by atoms with Crippen LogP contribution in [0.4, 0.5) is 0 Å². The Morgan fingerprint density at radius 3 is 3.00 bits per heavy atom. The molecule has 3 heteroatoms. The lowest BCUT2D eigenvalue weighted by Crippen LogP contribution is -2.20. The van der Waals surface area contributed by atoms with E-state index in [-0.39, 0.29) is 6.10 Å². The number of hydrogen-bond donors (Lipinski definition) is 1. The number of ether oxygens (including phenoxy) is 1. The predicted molar refractivity (Wildman–Crippen MR) is 76.5 cm³/mol. The van der Waals surface area contributed by atoms with E-state index >= 15 is 0 Å². The van der Waals surface area contributed by atoms with Gasteiger partial charge in [0.1, 0.15) is 11.9 Å². The summed E-state index contributed by atoms with van der Waals surface area (Å²) in [5.74, 6) is 1.04. The SMILES string of the molecule is CNC(C)c1ccn(CC2Cc3ccccc3O2)c1. The van der Waals surface area contributed by atoms with Crippen molar-refractivity contribution in [3.63, 3.8) is 0 Å². The zero-order chi connectivity index (χ0) is 13.2. The van der Waals surface area contributed by atoms with Crippen molar-refractivity contribution >= 4 is 0 Å². The van der Waals surface area contributed by atoms with E-state index in [9.17, 15) is 0 Å². The highest BCUT2D eigenvalue weighted by atomic mass is 16.5. The minimum atomic E-state index is 0.252. The first-order chi connectivity index (χ1) is 9.26. The molecule has 0 spiro atoms. The monoisotopic (exact) mass is 256 g/mol. The summed E-state index contributed by atoms with van der Waals surface area (Å²) in [6.45, 7) is 3.08. The van der Waals surface area contributed by atoms with Crippen LogP contribution in [0.15, 0.2) is 42.7 Å². The van der Waals surface area contributed by atoms with Crippen LogP contribution in [0, 0.1) is 0 Å². The van der Waals surface area contributed by atoms with Crippen LogP contribution in [0.3, 0.4) is 0 Å². The molecule has 1 aliphatic rings. The summed E-state index contributed by atoms with van der Waals surface area (Å²) >= 11 is 0. The maximum absolute atomic E-state index is 5.97. The van der Waals surface area contributed by atoms with Gasteiger partial charge in [0.05, 0.1) is 6.54 Å². The van der Waals surface area contributed by atoms with Crippen molar-refractivity contribution in [1.82, 2.24) is 9.88 Å². The molecule has 1 aromatic heterocycles. The second-order valence-electron chi connectivity index (χ2n) is 5.20. The third-order valence-corrected chi connectivity index (χ3v) is 3.83. The van der Waals surface area contributed by atoms with Crippen LogP contribution in [-0.2, 0) is 13.0 Å². The molecule has 2 atom stereocenters. The van der Waals surface area contributed by atoms with E-state index in [1.807, 2.05) is 13.1 Å². The molecule has 0 amide bonds. The van der Waals surface area contributed by atoms with Crippen molar-refractivity contribution in [2.45, 2.75) is 32.0 Å². The minimum Gasteiger partial charge on any atom is -0.488 e. The van der Waals surface area contributed by atoms with E-state index in [4.69, 9.17) is 4.74 Å². The van der Waals surface area contributed by atoms with E-state index in [0.717, 1.165) is 18.7 Å². The zero-order valence-corrected chi connectivity index (χ0v) is 11.5. The van der Waals surface area contributed by atoms with Crippen LogP contribution in [0.2, 0.25) is 0 Å². The molecular formula is C16H20N2O. The molecule has 0 fully saturated rings. The van der Waals surface area contributed by atoms with Crippen LogP contribution < -0.4 is 10.1 Å². The van der Waals surface area contributed by atoms with Crippen LogP contribution in [0.25, 0.3) is 0 Å². The number of aromatic nitrogens is 1. The molecule has 19 heavy (non-hydrogen) atoms. The summed E-state index contributed by atoms with van der Waals surface area (Å²) in [6.07, 6.45) is 5.59. The maximum atomic E-state index is 5.97. The molecule has 100 valence electrons. The van der Waals surface area contributed by atoms with Gasteiger partial charge >= 0.3 is 0 Å². The van der Waals surface area contributed by atoms with E-state index in [1.165, 1.54) is 11.1 Å². The molecule has 0 bridgehead atoms. The third kappa shape index (κ3) is 2.51. The third-order valence-electron chi connectivity index (χ3n) is 3.83. The molecule has 2 aromatic rings. The number of nitrogens with zero attached hydrogens (tertiary/aromatic N) is 1. The van der Waals surface area contributed by atoms with Gasteiger partial charge in [-0.05, 0) is 37.2 Å². The van der Waals surface area contributed by atoms with Crippen molar-refractivity contribution < 1.29 is 4.74 Å². The number of para-hydroxylation sites is 1. The number of fused-ring (bicyclic) bond motifs is 1. The van der Waals surface area contributed by atoms with E-state index < -0.39 is 0 Å². The average Bonchev–Trinajstić information content (AvgIpc) is 3.04. The smallest absolute Gasteiger partial charge is 0.123 e. The van der Waals surface area contributed by atoms with Gasteiger partial charge in [-0.1, -0.05) is 18.2 Å². The van der Waals surface area contributed by atoms with Gasteiger partial charge in [-0.3, -0.25) is 0 Å². The number of rotatable bonds is 4.